The molecule has 21 heavy (non-hydrogen) atoms. The highest BCUT2D eigenvalue weighted by Gasteiger charge is 2.22. The fourth-order valence-corrected chi connectivity index (χ4v) is 3.10. The minimum absolute atomic E-state index is 0.112. The van der Waals surface area contributed by atoms with Gasteiger partial charge in [-0.1, -0.05) is 6.07 Å². The number of nitrogens with zero attached hydrogens (tertiary/aromatic N) is 3. The summed E-state index contributed by atoms with van der Waals surface area (Å²) < 4.78 is 8.11. The van der Waals surface area contributed by atoms with Gasteiger partial charge in [-0.3, -0.25) is 0 Å². The van der Waals surface area contributed by atoms with E-state index in [-0.39, 0.29) is 11.5 Å². The molecule has 4 nitrogen and oxygen atoms in total. The molecule has 0 aliphatic carbocycles. The highest BCUT2D eigenvalue weighted by molar-refractivity contribution is 6.20. The number of fused-ring (bicyclic) bond motifs is 1. The Hall–Kier alpha value is -1.10. The number of hydrogen-bond acceptors (Lipinski definition) is 3. The molecule has 0 bridgehead atoms. The molecule has 0 N–H and O–H groups in total. The zero-order valence-corrected chi connectivity index (χ0v) is 13.6. The summed E-state index contributed by atoms with van der Waals surface area (Å²) in [4.78, 5) is 7.03. The summed E-state index contributed by atoms with van der Waals surface area (Å²) >= 11 is 6.33. The van der Waals surface area contributed by atoms with Crippen LogP contribution < -0.4 is 0 Å². The van der Waals surface area contributed by atoms with Gasteiger partial charge < -0.3 is 14.2 Å². The molecular formula is C16H22ClN3O. The van der Waals surface area contributed by atoms with Gasteiger partial charge in [-0.15, -0.1) is 11.6 Å². The van der Waals surface area contributed by atoms with Gasteiger partial charge in [0.05, 0.1) is 35.7 Å². The van der Waals surface area contributed by atoms with Crippen LogP contribution in [-0.2, 0) is 11.3 Å². The number of alkyl halides is 1. The summed E-state index contributed by atoms with van der Waals surface area (Å²) in [5.41, 5.74) is 3.37. The summed E-state index contributed by atoms with van der Waals surface area (Å²) in [5.74, 6) is 0.925. The molecule has 1 aliphatic heterocycles. The predicted molar refractivity (Wildman–Crippen MR) is 86.0 cm³/mol. The first-order chi connectivity index (χ1) is 10.0. The van der Waals surface area contributed by atoms with Crippen molar-refractivity contribution in [2.24, 2.45) is 0 Å². The Balaban J connectivity index is 1.97. The molecule has 1 aromatic carbocycles. The number of rotatable bonds is 3. The minimum Gasteiger partial charge on any atom is -0.374 e. The van der Waals surface area contributed by atoms with Gasteiger partial charge in [0.2, 0.25) is 0 Å². The van der Waals surface area contributed by atoms with Crippen LogP contribution in [-0.4, -0.2) is 47.3 Å². The van der Waals surface area contributed by atoms with Gasteiger partial charge in [0, 0.05) is 13.1 Å². The van der Waals surface area contributed by atoms with Crippen molar-refractivity contribution in [3.05, 3.63) is 29.6 Å². The van der Waals surface area contributed by atoms with Crippen LogP contribution in [0.4, 0.5) is 0 Å². The number of aryl methyl sites for hydroxylation is 1. The fraction of sp³-hybridized carbons (Fsp3) is 0.562. The first kappa shape index (κ1) is 14.8. The molecule has 0 radical (unpaired) electrons. The maximum atomic E-state index is 6.33. The van der Waals surface area contributed by atoms with E-state index in [4.69, 9.17) is 21.3 Å². The quantitative estimate of drug-likeness (QED) is 0.817. The van der Waals surface area contributed by atoms with E-state index in [1.165, 1.54) is 5.56 Å². The molecule has 1 saturated heterocycles. The third-order valence-electron chi connectivity index (χ3n) is 4.02. The van der Waals surface area contributed by atoms with E-state index in [0.717, 1.165) is 43.1 Å². The molecule has 1 fully saturated rings. The molecule has 2 heterocycles. The van der Waals surface area contributed by atoms with Crippen molar-refractivity contribution in [2.75, 3.05) is 26.7 Å². The summed E-state index contributed by atoms with van der Waals surface area (Å²) in [6.07, 6.45) is 0.191. The first-order valence-electron chi connectivity index (χ1n) is 7.45. The monoisotopic (exact) mass is 307 g/mol. The number of likely N-dealkylation sites (N-methyl/N-ethyl adjacent to an activating group) is 1. The Kier molecular flexibility index (Phi) is 4.20. The molecule has 5 heteroatoms. The highest BCUT2D eigenvalue weighted by atomic mass is 35.5. The number of aromatic nitrogens is 2. The van der Waals surface area contributed by atoms with E-state index < -0.39 is 0 Å². The summed E-state index contributed by atoms with van der Waals surface area (Å²) in [7, 11) is 2.13. The van der Waals surface area contributed by atoms with Gasteiger partial charge in [-0.2, -0.15) is 0 Å². The molecule has 114 valence electrons. The van der Waals surface area contributed by atoms with Gasteiger partial charge in [0.15, 0.2) is 0 Å². The molecule has 0 spiro atoms. The van der Waals surface area contributed by atoms with E-state index in [9.17, 15) is 0 Å². The standard InChI is InChI=1S/C16H22ClN3O/c1-11-4-5-15-14(8-11)18-16(12(2)17)20(15)10-13-9-19(3)6-7-21-13/h4-5,8,12-13H,6-7,9-10H2,1-3H3. The second-order valence-electron chi connectivity index (χ2n) is 5.94. The van der Waals surface area contributed by atoms with Crippen molar-refractivity contribution >= 4 is 22.6 Å². The molecule has 0 amide bonds. The number of hydrogen-bond donors (Lipinski definition) is 0. The molecule has 2 unspecified atom stereocenters. The second-order valence-corrected chi connectivity index (χ2v) is 6.60. The smallest absolute Gasteiger partial charge is 0.127 e. The average molecular weight is 308 g/mol. The zero-order valence-electron chi connectivity index (χ0n) is 12.8. The van der Waals surface area contributed by atoms with E-state index in [2.05, 4.69) is 41.6 Å². The number of halogens is 1. The van der Waals surface area contributed by atoms with Crippen molar-refractivity contribution in [1.82, 2.24) is 14.5 Å². The number of imidazole rings is 1. The lowest BCUT2D eigenvalue weighted by Crippen LogP contribution is -2.42. The van der Waals surface area contributed by atoms with E-state index in [1.54, 1.807) is 0 Å². The maximum Gasteiger partial charge on any atom is 0.127 e. The third kappa shape index (κ3) is 3.07. The molecule has 1 aliphatic rings. The van der Waals surface area contributed by atoms with E-state index in [1.807, 2.05) is 6.92 Å². The summed E-state index contributed by atoms with van der Waals surface area (Å²) in [5, 5.41) is -0.112. The van der Waals surface area contributed by atoms with Gasteiger partial charge in [-0.05, 0) is 38.6 Å². The highest BCUT2D eigenvalue weighted by Crippen LogP contribution is 2.26. The lowest BCUT2D eigenvalue weighted by molar-refractivity contribution is -0.0272. The largest absolute Gasteiger partial charge is 0.374 e. The summed E-state index contributed by atoms with van der Waals surface area (Å²) in [6, 6.07) is 6.37. The number of ether oxygens (including phenoxy) is 1. The predicted octanol–water partition coefficient (Wildman–Crippen LogP) is 2.98. The molecule has 2 atom stereocenters. The van der Waals surface area contributed by atoms with Crippen molar-refractivity contribution in [3.63, 3.8) is 0 Å². The van der Waals surface area contributed by atoms with Crippen LogP contribution in [0.25, 0.3) is 11.0 Å². The van der Waals surface area contributed by atoms with Crippen LogP contribution in [0.1, 0.15) is 23.7 Å². The number of benzene rings is 1. The van der Waals surface area contributed by atoms with Crippen molar-refractivity contribution in [1.29, 1.82) is 0 Å². The van der Waals surface area contributed by atoms with Crippen LogP contribution >= 0.6 is 11.6 Å². The van der Waals surface area contributed by atoms with Crippen LogP contribution in [0.3, 0.4) is 0 Å². The van der Waals surface area contributed by atoms with Crippen LogP contribution in [0, 0.1) is 6.92 Å². The normalized spacial score (nSPS) is 21.8. The Labute approximate surface area is 130 Å². The lowest BCUT2D eigenvalue weighted by Gasteiger charge is -2.30. The van der Waals surface area contributed by atoms with Gasteiger partial charge >= 0.3 is 0 Å². The minimum atomic E-state index is -0.112. The van der Waals surface area contributed by atoms with Crippen molar-refractivity contribution in [3.8, 4) is 0 Å². The van der Waals surface area contributed by atoms with Gasteiger partial charge in [0.25, 0.3) is 0 Å². The van der Waals surface area contributed by atoms with Gasteiger partial charge in [-0.25, -0.2) is 4.98 Å². The molecule has 1 aromatic heterocycles. The first-order valence-corrected chi connectivity index (χ1v) is 7.89. The van der Waals surface area contributed by atoms with Gasteiger partial charge in [0.1, 0.15) is 5.82 Å². The fourth-order valence-electron chi connectivity index (χ4n) is 2.93. The average Bonchev–Trinajstić information content (AvgIpc) is 2.77. The Morgan fingerprint density at radius 1 is 1.48 bits per heavy atom. The van der Waals surface area contributed by atoms with Crippen molar-refractivity contribution in [2.45, 2.75) is 31.9 Å². The van der Waals surface area contributed by atoms with Crippen LogP contribution in [0.2, 0.25) is 0 Å². The third-order valence-corrected chi connectivity index (χ3v) is 4.21. The second kappa shape index (κ2) is 5.95. The lowest BCUT2D eigenvalue weighted by atomic mass is 10.2. The van der Waals surface area contributed by atoms with E-state index in [0.29, 0.717) is 0 Å². The SMILES string of the molecule is Cc1ccc2c(c1)nc(C(C)Cl)n2CC1CN(C)CCO1. The maximum absolute atomic E-state index is 6.33. The zero-order chi connectivity index (χ0) is 15.0. The Bertz CT molecular complexity index is 638. The molecular weight excluding hydrogens is 286 g/mol. The van der Waals surface area contributed by atoms with Crippen LogP contribution in [0.5, 0.6) is 0 Å². The number of morpholine rings is 1. The van der Waals surface area contributed by atoms with E-state index >= 15 is 0 Å². The topological polar surface area (TPSA) is 30.3 Å². The molecule has 2 aromatic rings. The molecule has 3 rings (SSSR count). The summed E-state index contributed by atoms with van der Waals surface area (Å²) in [6.45, 7) is 7.59. The Morgan fingerprint density at radius 2 is 2.29 bits per heavy atom. The van der Waals surface area contributed by atoms with Crippen molar-refractivity contribution < 1.29 is 4.74 Å². The Morgan fingerprint density at radius 3 is 3.00 bits per heavy atom. The molecule has 0 saturated carbocycles. The van der Waals surface area contributed by atoms with Crippen LogP contribution in [0.15, 0.2) is 18.2 Å².